The molecule has 3 aromatic rings. The van der Waals surface area contributed by atoms with Gasteiger partial charge in [0.1, 0.15) is 11.5 Å². The zero-order chi connectivity index (χ0) is 20.9. The van der Waals surface area contributed by atoms with E-state index in [4.69, 9.17) is 19.4 Å². The molecule has 0 saturated heterocycles. The molecule has 1 aliphatic heterocycles. The van der Waals surface area contributed by atoms with Crippen molar-refractivity contribution in [3.05, 3.63) is 66.6 Å². The van der Waals surface area contributed by atoms with Gasteiger partial charge in [0, 0.05) is 30.4 Å². The Kier molecular flexibility index (Phi) is 6.10. The summed E-state index contributed by atoms with van der Waals surface area (Å²) in [5.41, 5.74) is 5.24. The van der Waals surface area contributed by atoms with Gasteiger partial charge >= 0.3 is 0 Å². The Morgan fingerprint density at radius 3 is 2.07 bits per heavy atom. The first kappa shape index (κ1) is 20.1. The second-order valence-electron chi connectivity index (χ2n) is 7.29. The second-order valence-corrected chi connectivity index (χ2v) is 7.29. The van der Waals surface area contributed by atoms with E-state index in [1.807, 2.05) is 54.7 Å². The van der Waals surface area contributed by atoms with Gasteiger partial charge in [0.2, 0.25) is 0 Å². The molecule has 0 aliphatic carbocycles. The molecule has 0 bridgehead atoms. The van der Waals surface area contributed by atoms with E-state index in [1.54, 1.807) is 14.2 Å². The van der Waals surface area contributed by atoms with Gasteiger partial charge in [-0.1, -0.05) is 25.1 Å². The molecular weight excluding hydrogens is 374 g/mol. The Balaban J connectivity index is 1.78. The molecule has 0 amide bonds. The summed E-state index contributed by atoms with van der Waals surface area (Å²) < 4.78 is 10.6. The molecule has 0 atom stereocenters. The molecule has 2 aromatic carbocycles. The van der Waals surface area contributed by atoms with Crippen LogP contribution in [0.25, 0.3) is 28.0 Å². The van der Waals surface area contributed by atoms with Crippen LogP contribution >= 0.6 is 0 Å². The van der Waals surface area contributed by atoms with E-state index in [1.165, 1.54) is 5.57 Å². The summed E-state index contributed by atoms with van der Waals surface area (Å²) in [5, 5.41) is 0. The van der Waals surface area contributed by atoms with E-state index >= 15 is 0 Å². The summed E-state index contributed by atoms with van der Waals surface area (Å²) in [6.45, 7) is 5.26. The third-order valence-electron chi connectivity index (χ3n) is 5.58. The summed E-state index contributed by atoms with van der Waals surface area (Å²) in [4.78, 5) is 12.2. The normalized spacial score (nSPS) is 14.3. The lowest BCUT2D eigenvalue weighted by atomic mass is 9.99. The summed E-state index contributed by atoms with van der Waals surface area (Å²) >= 11 is 0. The van der Waals surface area contributed by atoms with Crippen LogP contribution in [-0.4, -0.2) is 48.7 Å². The van der Waals surface area contributed by atoms with Crippen LogP contribution in [0.1, 0.15) is 19.2 Å². The van der Waals surface area contributed by atoms with Crippen molar-refractivity contribution in [2.45, 2.75) is 13.3 Å². The molecule has 0 saturated carbocycles. The zero-order valence-electron chi connectivity index (χ0n) is 17.8. The molecule has 0 spiro atoms. The van der Waals surface area contributed by atoms with Gasteiger partial charge in [-0.15, -0.1) is 0 Å². The number of likely N-dealkylation sites (N-methyl/N-ethyl adjacent to an activating group) is 1. The maximum atomic E-state index is 5.32. The second kappa shape index (κ2) is 9.09. The van der Waals surface area contributed by atoms with Gasteiger partial charge in [0.15, 0.2) is 5.82 Å². The highest BCUT2D eigenvalue weighted by Gasteiger charge is 2.17. The third kappa shape index (κ3) is 4.21. The molecule has 1 aliphatic rings. The molecule has 4 rings (SSSR count). The predicted octanol–water partition coefficient (Wildman–Crippen LogP) is 4.94. The number of rotatable bonds is 6. The predicted molar refractivity (Wildman–Crippen MR) is 121 cm³/mol. The molecule has 0 N–H and O–H groups in total. The van der Waals surface area contributed by atoms with Crippen molar-refractivity contribution in [2.24, 2.45) is 0 Å². The summed E-state index contributed by atoms with van der Waals surface area (Å²) in [6.07, 6.45) is 5.17. The average molecular weight is 402 g/mol. The van der Waals surface area contributed by atoms with Gasteiger partial charge < -0.3 is 9.47 Å². The van der Waals surface area contributed by atoms with Crippen LogP contribution in [0.3, 0.4) is 0 Å². The third-order valence-corrected chi connectivity index (χ3v) is 5.58. The first-order valence-corrected chi connectivity index (χ1v) is 10.3. The average Bonchev–Trinajstić information content (AvgIpc) is 2.84. The maximum Gasteiger partial charge on any atom is 0.155 e. The maximum absolute atomic E-state index is 5.32. The van der Waals surface area contributed by atoms with E-state index in [0.717, 1.165) is 65.8 Å². The summed E-state index contributed by atoms with van der Waals surface area (Å²) in [7, 11) is 3.35. The van der Waals surface area contributed by atoms with Gasteiger partial charge in [-0.05, 0) is 60.5 Å². The largest absolute Gasteiger partial charge is 0.497 e. The van der Waals surface area contributed by atoms with Crippen LogP contribution in [0.15, 0.2) is 60.8 Å². The molecular formula is C25H27N3O2. The van der Waals surface area contributed by atoms with E-state index in [0.29, 0.717) is 0 Å². The number of nitrogens with zero attached hydrogens (tertiary/aromatic N) is 3. The van der Waals surface area contributed by atoms with Gasteiger partial charge in [0.05, 0.1) is 19.9 Å². The van der Waals surface area contributed by atoms with Gasteiger partial charge in [-0.2, -0.15) is 0 Å². The van der Waals surface area contributed by atoms with Crippen LogP contribution < -0.4 is 9.47 Å². The number of ether oxygens (including phenoxy) is 2. The lowest BCUT2D eigenvalue weighted by Gasteiger charge is -2.24. The van der Waals surface area contributed by atoms with Crippen molar-refractivity contribution < 1.29 is 9.47 Å². The standard InChI is InChI=1S/C25H27N3O2/c1-4-28-15-13-20(14-16-28)25-26-17-23(18-5-9-21(29-2)10-6-18)24(27-25)19-7-11-22(30-3)12-8-19/h5-13,17H,4,14-16H2,1-3H3. The Labute approximate surface area is 178 Å². The Morgan fingerprint density at radius 2 is 1.53 bits per heavy atom. The first-order valence-electron chi connectivity index (χ1n) is 10.3. The minimum atomic E-state index is 0.814. The molecule has 154 valence electrons. The molecule has 0 unspecified atom stereocenters. The summed E-state index contributed by atoms with van der Waals surface area (Å²) in [5.74, 6) is 2.47. The van der Waals surface area contributed by atoms with Crippen LogP contribution in [0.4, 0.5) is 0 Å². The van der Waals surface area contributed by atoms with Gasteiger partial charge in [-0.25, -0.2) is 9.97 Å². The minimum absolute atomic E-state index is 0.814. The first-order chi connectivity index (χ1) is 14.7. The van der Waals surface area contributed by atoms with Crippen LogP contribution in [-0.2, 0) is 0 Å². The number of methoxy groups -OCH3 is 2. The molecule has 0 fully saturated rings. The Morgan fingerprint density at radius 1 is 0.900 bits per heavy atom. The molecule has 0 radical (unpaired) electrons. The van der Waals surface area contributed by atoms with Crippen molar-refractivity contribution in [3.63, 3.8) is 0 Å². The fourth-order valence-corrected chi connectivity index (χ4v) is 3.69. The highest BCUT2D eigenvalue weighted by molar-refractivity contribution is 5.81. The van der Waals surface area contributed by atoms with Gasteiger partial charge in [-0.3, -0.25) is 4.90 Å². The topological polar surface area (TPSA) is 47.5 Å². The molecule has 30 heavy (non-hydrogen) atoms. The quantitative estimate of drug-likeness (QED) is 0.586. The minimum Gasteiger partial charge on any atom is -0.497 e. The Bertz CT molecular complexity index is 1030. The van der Waals surface area contributed by atoms with E-state index in [-0.39, 0.29) is 0 Å². The number of hydrogen-bond acceptors (Lipinski definition) is 5. The Hall–Kier alpha value is -3.18. The molecule has 5 heteroatoms. The van der Waals surface area contributed by atoms with Crippen LogP contribution in [0.5, 0.6) is 11.5 Å². The monoisotopic (exact) mass is 401 g/mol. The number of benzene rings is 2. The van der Waals surface area contributed by atoms with E-state index in [9.17, 15) is 0 Å². The van der Waals surface area contributed by atoms with E-state index in [2.05, 4.69) is 17.9 Å². The lowest BCUT2D eigenvalue weighted by Crippen LogP contribution is -2.28. The fraction of sp³-hybridized carbons (Fsp3) is 0.280. The van der Waals surface area contributed by atoms with Crippen LogP contribution in [0, 0.1) is 0 Å². The van der Waals surface area contributed by atoms with Crippen molar-refractivity contribution in [1.29, 1.82) is 0 Å². The molecule has 1 aromatic heterocycles. The summed E-state index contributed by atoms with van der Waals surface area (Å²) in [6, 6.07) is 16.0. The fourth-order valence-electron chi connectivity index (χ4n) is 3.69. The zero-order valence-corrected chi connectivity index (χ0v) is 17.8. The molecule has 2 heterocycles. The van der Waals surface area contributed by atoms with Crippen molar-refractivity contribution in [2.75, 3.05) is 33.9 Å². The number of hydrogen-bond donors (Lipinski definition) is 0. The van der Waals surface area contributed by atoms with Crippen molar-refractivity contribution in [3.8, 4) is 33.9 Å². The SMILES string of the molecule is CCN1CC=C(c2ncc(-c3ccc(OC)cc3)c(-c3ccc(OC)cc3)n2)CC1. The van der Waals surface area contributed by atoms with Gasteiger partial charge in [0.25, 0.3) is 0 Å². The molecule has 5 nitrogen and oxygen atoms in total. The van der Waals surface area contributed by atoms with Crippen LogP contribution in [0.2, 0.25) is 0 Å². The highest BCUT2D eigenvalue weighted by atomic mass is 16.5. The van der Waals surface area contributed by atoms with Crippen molar-refractivity contribution >= 4 is 5.57 Å². The number of aromatic nitrogens is 2. The smallest absolute Gasteiger partial charge is 0.155 e. The highest BCUT2D eigenvalue weighted by Crippen LogP contribution is 2.33. The van der Waals surface area contributed by atoms with E-state index < -0.39 is 0 Å². The van der Waals surface area contributed by atoms with Crippen molar-refractivity contribution in [1.82, 2.24) is 14.9 Å². The lowest BCUT2D eigenvalue weighted by molar-refractivity contribution is 0.318.